The van der Waals surface area contributed by atoms with Crippen LogP contribution in [0.5, 0.6) is 0 Å². The maximum Gasteiger partial charge on any atom is 0.323 e. The van der Waals surface area contributed by atoms with Crippen molar-refractivity contribution in [3.05, 3.63) is 30.4 Å². The Bertz CT molecular complexity index is 558. The molecule has 102 valence electrons. The van der Waals surface area contributed by atoms with E-state index >= 15 is 0 Å². The fourth-order valence-corrected chi connectivity index (χ4v) is 1.99. The van der Waals surface area contributed by atoms with Crippen LogP contribution in [0.15, 0.2) is 24.7 Å². The van der Waals surface area contributed by atoms with Crippen LogP contribution in [0.1, 0.15) is 26.5 Å². The highest BCUT2D eigenvalue weighted by molar-refractivity contribution is 5.77. The number of hydrogen-bond acceptors (Lipinski definition) is 4. The van der Waals surface area contributed by atoms with E-state index in [4.69, 9.17) is 0 Å². The first kappa shape index (κ1) is 13.5. The molecule has 0 saturated carbocycles. The van der Waals surface area contributed by atoms with Gasteiger partial charge in [-0.05, 0) is 26.5 Å². The summed E-state index contributed by atoms with van der Waals surface area (Å²) in [6.45, 7) is 6.47. The first-order valence-electron chi connectivity index (χ1n) is 6.22. The van der Waals surface area contributed by atoms with E-state index in [1.165, 1.54) is 0 Å². The van der Waals surface area contributed by atoms with Gasteiger partial charge in [0.25, 0.3) is 0 Å². The molecule has 0 atom stereocenters. The molecule has 6 nitrogen and oxygen atoms in total. The summed E-state index contributed by atoms with van der Waals surface area (Å²) in [6.07, 6.45) is 5.44. The predicted molar refractivity (Wildman–Crippen MR) is 70.8 cm³/mol. The molecular formula is C13H18N4O2. The molecule has 2 aromatic rings. The fourth-order valence-electron chi connectivity index (χ4n) is 1.99. The fraction of sp³-hybridized carbons (Fsp3) is 0.462. The molecular weight excluding hydrogens is 244 g/mol. The van der Waals surface area contributed by atoms with E-state index in [1.807, 2.05) is 34.7 Å². The van der Waals surface area contributed by atoms with Crippen molar-refractivity contribution in [3.63, 3.8) is 0 Å². The number of hydrogen-bond donors (Lipinski definition) is 1. The first-order chi connectivity index (χ1) is 8.95. The summed E-state index contributed by atoms with van der Waals surface area (Å²) in [4.78, 5) is 21.7. The minimum Gasteiger partial charge on any atom is -0.480 e. The Morgan fingerprint density at radius 2 is 2.26 bits per heavy atom. The topological polar surface area (TPSA) is 70.7 Å². The third-order valence-electron chi connectivity index (χ3n) is 3.33. The van der Waals surface area contributed by atoms with Gasteiger partial charge in [0.15, 0.2) is 0 Å². The number of nitrogens with zero attached hydrogens (tertiary/aromatic N) is 4. The normalized spacial score (nSPS) is 12.2. The van der Waals surface area contributed by atoms with E-state index in [0.29, 0.717) is 18.9 Å². The van der Waals surface area contributed by atoms with E-state index in [9.17, 15) is 9.90 Å². The SMILES string of the molecule is CCN(Cc1cn2cccnc2n1)C(C)(C)C(=O)O. The van der Waals surface area contributed by atoms with Crippen LogP contribution >= 0.6 is 0 Å². The second kappa shape index (κ2) is 4.97. The maximum atomic E-state index is 11.3. The number of carboxylic acid groups (broad SMARTS) is 1. The number of aromatic nitrogens is 3. The summed E-state index contributed by atoms with van der Waals surface area (Å²) in [6, 6.07) is 1.83. The third-order valence-corrected chi connectivity index (χ3v) is 3.33. The van der Waals surface area contributed by atoms with Crippen LogP contribution in [0.2, 0.25) is 0 Å². The highest BCUT2D eigenvalue weighted by Crippen LogP contribution is 2.17. The first-order valence-corrected chi connectivity index (χ1v) is 6.22. The minimum absolute atomic E-state index is 0.485. The van der Waals surface area contributed by atoms with Crippen LogP contribution in [-0.2, 0) is 11.3 Å². The Morgan fingerprint density at radius 3 is 2.84 bits per heavy atom. The lowest BCUT2D eigenvalue weighted by molar-refractivity contribution is -0.149. The quantitative estimate of drug-likeness (QED) is 0.882. The summed E-state index contributed by atoms with van der Waals surface area (Å²) in [7, 11) is 0. The van der Waals surface area contributed by atoms with Crippen LogP contribution in [0.25, 0.3) is 5.78 Å². The smallest absolute Gasteiger partial charge is 0.323 e. The Morgan fingerprint density at radius 1 is 1.53 bits per heavy atom. The number of carboxylic acids is 1. The van der Waals surface area contributed by atoms with Gasteiger partial charge in [0.2, 0.25) is 5.78 Å². The molecule has 2 rings (SSSR count). The number of imidazole rings is 1. The van der Waals surface area contributed by atoms with Crippen molar-refractivity contribution in [1.29, 1.82) is 0 Å². The van der Waals surface area contributed by atoms with E-state index in [1.54, 1.807) is 20.0 Å². The summed E-state index contributed by atoms with van der Waals surface area (Å²) in [5, 5.41) is 9.28. The van der Waals surface area contributed by atoms with Gasteiger partial charge in [0.1, 0.15) is 5.54 Å². The molecule has 19 heavy (non-hydrogen) atoms. The van der Waals surface area contributed by atoms with E-state index in [0.717, 1.165) is 5.69 Å². The second-order valence-corrected chi connectivity index (χ2v) is 4.94. The van der Waals surface area contributed by atoms with Crippen molar-refractivity contribution >= 4 is 11.7 Å². The lowest BCUT2D eigenvalue weighted by atomic mass is 10.0. The average Bonchev–Trinajstić information content (AvgIpc) is 2.77. The van der Waals surface area contributed by atoms with Crippen LogP contribution in [0.3, 0.4) is 0 Å². The van der Waals surface area contributed by atoms with Gasteiger partial charge < -0.3 is 5.11 Å². The Labute approximate surface area is 111 Å². The van der Waals surface area contributed by atoms with E-state index in [2.05, 4.69) is 9.97 Å². The van der Waals surface area contributed by atoms with Gasteiger partial charge in [-0.15, -0.1) is 0 Å². The van der Waals surface area contributed by atoms with Crippen molar-refractivity contribution in [2.45, 2.75) is 32.9 Å². The molecule has 0 spiro atoms. The molecule has 0 saturated heterocycles. The third kappa shape index (κ3) is 2.58. The molecule has 0 unspecified atom stereocenters. The highest BCUT2D eigenvalue weighted by atomic mass is 16.4. The van der Waals surface area contributed by atoms with Crippen LogP contribution in [-0.4, -0.2) is 42.4 Å². The Balaban J connectivity index is 2.25. The Hall–Kier alpha value is -1.95. The van der Waals surface area contributed by atoms with E-state index in [-0.39, 0.29) is 0 Å². The van der Waals surface area contributed by atoms with Crippen molar-refractivity contribution in [1.82, 2.24) is 19.3 Å². The zero-order chi connectivity index (χ0) is 14.0. The average molecular weight is 262 g/mol. The predicted octanol–water partition coefficient (Wildman–Crippen LogP) is 1.41. The second-order valence-electron chi connectivity index (χ2n) is 4.94. The van der Waals surface area contributed by atoms with Gasteiger partial charge in [-0.2, -0.15) is 0 Å². The zero-order valence-electron chi connectivity index (χ0n) is 11.4. The van der Waals surface area contributed by atoms with Gasteiger partial charge >= 0.3 is 5.97 Å². The molecule has 2 aromatic heterocycles. The van der Waals surface area contributed by atoms with Crippen molar-refractivity contribution < 1.29 is 9.90 Å². The summed E-state index contributed by atoms with van der Waals surface area (Å²) < 4.78 is 1.83. The van der Waals surface area contributed by atoms with Gasteiger partial charge in [-0.1, -0.05) is 6.92 Å². The van der Waals surface area contributed by atoms with Crippen LogP contribution in [0, 0.1) is 0 Å². The molecule has 0 aliphatic carbocycles. The lowest BCUT2D eigenvalue weighted by Crippen LogP contribution is -2.49. The molecule has 0 aliphatic rings. The standard InChI is InChI=1S/C13H18N4O2/c1-4-17(13(2,3)11(18)19)9-10-8-16-7-5-6-14-12(16)15-10/h5-8H,4,9H2,1-3H3,(H,18,19). The van der Waals surface area contributed by atoms with Crippen molar-refractivity contribution in [2.24, 2.45) is 0 Å². The van der Waals surface area contributed by atoms with Gasteiger partial charge in [0.05, 0.1) is 5.69 Å². The molecule has 6 heteroatoms. The van der Waals surface area contributed by atoms with Crippen molar-refractivity contribution in [3.8, 4) is 0 Å². The zero-order valence-corrected chi connectivity index (χ0v) is 11.4. The molecule has 2 heterocycles. The Kier molecular flexibility index (Phi) is 3.53. The molecule has 1 N–H and O–H groups in total. The van der Waals surface area contributed by atoms with Crippen molar-refractivity contribution in [2.75, 3.05) is 6.54 Å². The number of rotatable bonds is 5. The minimum atomic E-state index is -0.919. The highest BCUT2D eigenvalue weighted by Gasteiger charge is 2.33. The molecule has 0 amide bonds. The molecule has 0 radical (unpaired) electrons. The summed E-state index contributed by atoms with van der Waals surface area (Å²) in [5.41, 5.74) is -0.104. The number of carbonyl (C=O) groups is 1. The molecule has 0 aromatic carbocycles. The molecule has 0 aliphatic heterocycles. The van der Waals surface area contributed by atoms with E-state index < -0.39 is 11.5 Å². The molecule has 0 fully saturated rings. The van der Waals surface area contributed by atoms with Crippen LogP contribution in [0.4, 0.5) is 0 Å². The maximum absolute atomic E-state index is 11.3. The molecule has 0 bridgehead atoms. The monoisotopic (exact) mass is 262 g/mol. The number of likely N-dealkylation sites (N-methyl/N-ethyl adjacent to an activating group) is 1. The van der Waals surface area contributed by atoms with Gasteiger partial charge in [0, 0.05) is 25.1 Å². The van der Waals surface area contributed by atoms with Gasteiger partial charge in [-0.25, -0.2) is 9.97 Å². The lowest BCUT2D eigenvalue weighted by Gasteiger charge is -2.33. The van der Waals surface area contributed by atoms with Crippen LogP contribution < -0.4 is 0 Å². The summed E-state index contributed by atoms with van der Waals surface area (Å²) in [5.74, 6) is -0.210. The largest absolute Gasteiger partial charge is 0.480 e. The number of fused-ring (bicyclic) bond motifs is 1. The summed E-state index contributed by atoms with van der Waals surface area (Å²) >= 11 is 0. The number of aliphatic carboxylic acids is 1. The van der Waals surface area contributed by atoms with Gasteiger partial charge in [-0.3, -0.25) is 14.1 Å².